The van der Waals surface area contributed by atoms with Gasteiger partial charge in [-0.05, 0) is 51.5 Å². The maximum absolute atomic E-state index is 11.9. The molecule has 1 aromatic rings. The van der Waals surface area contributed by atoms with Crippen molar-refractivity contribution in [3.8, 4) is 5.75 Å². The Kier molecular flexibility index (Phi) is 6.05. The van der Waals surface area contributed by atoms with Crippen LogP contribution in [0.1, 0.15) is 12.5 Å². The van der Waals surface area contributed by atoms with Gasteiger partial charge in [0.25, 0.3) is 0 Å². The van der Waals surface area contributed by atoms with E-state index in [9.17, 15) is 9.59 Å². The van der Waals surface area contributed by atoms with Crippen LogP contribution in [0.2, 0.25) is 0 Å². The number of carbonyl (C=O) groups excluding carboxylic acids is 2. The maximum Gasteiger partial charge on any atom is 0.308 e. The van der Waals surface area contributed by atoms with Crippen LogP contribution < -0.4 is 4.74 Å². The van der Waals surface area contributed by atoms with Gasteiger partial charge in [-0.25, -0.2) is 4.99 Å². The smallest absolute Gasteiger partial charge is 0.308 e. The van der Waals surface area contributed by atoms with Crippen molar-refractivity contribution >= 4 is 61.0 Å². The van der Waals surface area contributed by atoms with Crippen molar-refractivity contribution in [3.63, 3.8) is 0 Å². The summed E-state index contributed by atoms with van der Waals surface area (Å²) in [6, 6.07) is 5.20. The fourth-order valence-corrected chi connectivity index (χ4v) is 3.66. The number of halogens is 1. The standard InChI is InChI=1S/C15H12BrNO3S2/c1-3-6-21-15-17-12(14(19)22-15)8-10-4-5-13(11(16)7-10)20-9(2)18/h3-5,7-8H,1,6H2,2H3. The lowest BCUT2D eigenvalue weighted by atomic mass is 10.2. The van der Waals surface area contributed by atoms with Crippen molar-refractivity contribution in [2.24, 2.45) is 4.99 Å². The number of rotatable bonds is 4. The van der Waals surface area contributed by atoms with E-state index < -0.39 is 0 Å². The molecule has 0 aromatic heterocycles. The van der Waals surface area contributed by atoms with Crippen molar-refractivity contribution in [2.45, 2.75) is 6.92 Å². The monoisotopic (exact) mass is 397 g/mol. The van der Waals surface area contributed by atoms with Gasteiger partial charge in [-0.2, -0.15) is 0 Å². The molecule has 0 saturated carbocycles. The molecule has 0 saturated heterocycles. The van der Waals surface area contributed by atoms with Crippen LogP contribution in [0.15, 0.2) is 46.0 Å². The van der Waals surface area contributed by atoms with Crippen molar-refractivity contribution in [1.82, 2.24) is 0 Å². The molecule has 0 spiro atoms. The zero-order chi connectivity index (χ0) is 16.1. The number of nitrogens with zero attached hydrogens (tertiary/aromatic N) is 1. The first kappa shape index (κ1) is 17.1. The lowest BCUT2D eigenvalue weighted by Crippen LogP contribution is -2.01. The van der Waals surface area contributed by atoms with Gasteiger partial charge in [0.2, 0.25) is 5.12 Å². The molecule has 0 bridgehead atoms. The first-order chi connectivity index (χ1) is 10.5. The predicted octanol–water partition coefficient (Wildman–Crippen LogP) is 4.26. The van der Waals surface area contributed by atoms with Gasteiger partial charge >= 0.3 is 5.97 Å². The number of ether oxygens (including phenoxy) is 1. The van der Waals surface area contributed by atoms with E-state index in [0.29, 0.717) is 15.9 Å². The zero-order valence-electron chi connectivity index (χ0n) is 11.7. The molecule has 4 nitrogen and oxygen atoms in total. The van der Waals surface area contributed by atoms with Crippen LogP contribution in [-0.4, -0.2) is 21.2 Å². The molecular weight excluding hydrogens is 386 g/mol. The van der Waals surface area contributed by atoms with E-state index >= 15 is 0 Å². The molecule has 1 aliphatic heterocycles. The first-order valence-corrected chi connectivity index (χ1v) is 8.83. The lowest BCUT2D eigenvalue weighted by molar-refractivity contribution is -0.131. The molecule has 0 radical (unpaired) electrons. The highest BCUT2D eigenvalue weighted by Gasteiger charge is 2.22. The number of hydrogen-bond acceptors (Lipinski definition) is 6. The molecule has 0 aliphatic carbocycles. The van der Waals surface area contributed by atoms with Crippen LogP contribution in [0.5, 0.6) is 5.75 Å². The van der Waals surface area contributed by atoms with Gasteiger partial charge in [0.1, 0.15) is 15.8 Å². The SMILES string of the molecule is C=CCSC1=NC(=Cc2ccc(OC(C)=O)c(Br)c2)C(=O)S1. The molecule has 114 valence electrons. The van der Waals surface area contributed by atoms with Crippen LogP contribution in [0.4, 0.5) is 0 Å². The van der Waals surface area contributed by atoms with Crippen molar-refractivity contribution in [2.75, 3.05) is 5.75 Å². The van der Waals surface area contributed by atoms with E-state index in [1.54, 1.807) is 30.4 Å². The molecule has 7 heteroatoms. The van der Waals surface area contributed by atoms with Crippen LogP contribution in [0.25, 0.3) is 6.08 Å². The van der Waals surface area contributed by atoms with Crippen molar-refractivity contribution < 1.29 is 14.3 Å². The Hall–Kier alpha value is -1.31. The third-order valence-electron chi connectivity index (χ3n) is 2.44. The largest absolute Gasteiger partial charge is 0.426 e. The minimum absolute atomic E-state index is 0.0771. The van der Waals surface area contributed by atoms with Crippen molar-refractivity contribution in [3.05, 3.63) is 46.6 Å². The minimum Gasteiger partial charge on any atom is -0.426 e. The van der Waals surface area contributed by atoms with E-state index in [1.807, 2.05) is 0 Å². The highest BCUT2D eigenvalue weighted by molar-refractivity contribution is 9.10. The van der Waals surface area contributed by atoms with Gasteiger partial charge in [-0.15, -0.1) is 6.58 Å². The average molecular weight is 398 g/mol. The predicted molar refractivity (Wildman–Crippen MR) is 96.1 cm³/mol. The van der Waals surface area contributed by atoms with E-state index in [4.69, 9.17) is 4.74 Å². The van der Waals surface area contributed by atoms with Gasteiger partial charge in [0.05, 0.1) is 4.47 Å². The van der Waals surface area contributed by atoms with E-state index in [-0.39, 0.29) is 11.1 Å². The summed E-state index contributed by atoms with van der Waals surface area (Å²) >= 11 is 5.95. The van der Waals surface area contributed by atoms with Gasteiger partial charge < -0.3 is 4.74 Å². The second-order valence-electron chi connectivity index (χ2n) is 4.18. The number of esters is 1. The highest BCUT2D eigenvalue weighted by Crippen LogP contribution is 2.32. The van der Waals surface area contributed by atoms with Crippen molar-refractivity contribution in [1.29, 1.82) is 0 Å². The molecule has 0 unspecified atom stereocenters. The third kappa shape index (κ3) is 4.59. The van der Waals surface area contributed by atoms with E-state index in [0.717, 1.165) is 27.5 Å². The fourth-order valence-electron chi connectivity index (χ4n) is 1.58. The molecule has 1 heterocycles. The molecule has 1 aliphatic rings. The summed E-state index contributed by atoms with van der Waals surface area (Å²) in [5, 5.41) is -0.0771. The summed E-state index contributed by atoms with van der Waals surface area (Å²) < 4.78 is 6.40. The zero-order valence-corrected chi connectivity index (χ0v) is 14.9. The number of carbonyl (C=O) groups is 2. The Balaban J connectivity index is 2.20. The Morgan fingerprint density at radius 1 is 1.55 bits per heavy atom. The molecule has 0 atom stereocenters. The maximum atomic E-state index is 11.9. The summed E-state index contributed by atoms with van der Waals surface area (Å²) in [5.41, 5.74) is 1.20. The normalized spacial score (nSPS) is 15.8. The van der Waals surface area contributed by atoms with Crippen LogP contribution in [0.3, 0.4) is 0 Å². The summed E-state index contributed by atoms with van der Waals surface area (Å²) in [4.78, 5) is 27.2. The molecule has 1 aromatic carbocycles. The van der Waals surface area contributed by atoms with Gasteiger partial charge in [-0.1, -0.05) is 23.9 Å². The van der Waals surface area contributed by atoms with Gasteiger partial charge in [-0.3, -0.25) is 9.59 Å². The highest BCUT2D eigenvalue weighted by atomic mass is 79.9. The third-order valence-corrected chi connectivity index (χ3v) is 5.06. The van der Waals surface area contributed by atoms with Gasteiger partial charge in [0.15, 0.2) is 0 Å². The van der Waals surface area contributed by atoms with Crippen LogP contribution >= 0.6 is 39.5 Å². The van der Waals surface area contributed by atoms with Crippen LogP contribution in [0, 0.1) is 0 Å². The fraction of sp³-hybridized carbons (Fsp3) is 0.133. The average Bonchev–Trinajstić information content (AvgIpc) is 2.79. The Bertz CT molecular complexity index is 698. The molecular formula is C15H12BrNO3S2. The quantitative estimate of drug-likeness (QED) is 0.328. The lowest BCUT2D eigenvalue weighted by Gasteiger charge is -2.04. The second-order valence-corrected chi connectivity index (χ2v) is 7.26. The topological polar surface area (TPSA) is 55.7 Å². The molecule has 0 fully saturated rings. The number of hydrogen-bond donors (Lipinski definition) is 0. The summed E-state index contributed by atoms with van der Waals surface area (Å²) in [6.07, 6.45) is 3.48. The van der Waals surface area contributed by atoms with Crippen LogP contribution in [-0.2, 0) is 9.59 Å². The summed E-state index contributed by atoms with van der Waals surface area (Å²) in [7, 11) is 0. The molecule has 0 N–H and O–H groups in total. The Morgan fingerprint density at radius 2 is 2.32 bits per heavy atom. The molecule has 2 rings (SSSR count). The summed E-state index contributed by atoms with van der Waals surface area (Å²) in [5.74, 6) is 0.768. The Labute approximate surface area is 145 Å². The number of benzene rings is 1. The summed E-state index contributed by atoms with van der Waals surface area (Å²) in [6.45, 7) is 4.98. The molecule has 0 amide bonds. The molecule has 22 heavy (non-hydrogen) atoms. The number of thioether (sulfide) groups is 2. The van der Waals surface area contributed by atoms with Gasteiger partial charge in [0, 0.05) is 12.7 Å². The second kappa shape index (κ2) is 7.80. The number of aliphatic imine (C=N–C) groups is 1. The van der Waals surface area contributed by atoms with E-state index in [2.05, 4.69) is 27.5 Å². The Morgan fingerprint density at radius 3 is 2.95 bits per heavy atom. The minimum atomic E-state index is -0.386. The van der Waals surface area contributed by atoms with E-state index in [1.165, 1.54) is 18.7 Å². The first-order valence-electron chi connectivity index (χ1n) is 6.24.